The average Bonchev–Trinajstić information content (AvgIpc) is 2.04. The number of hydrogen-bond acceptors (Lipinski definition) is 1. The number of aromatic nitrogens is 1. The van der Waals surface area contributed by atoms with Crippen molar-refractivity contribution in [1.82, 2.24) is 0 Å². The lowest BCUT2D eigenvalue weighted by Gasteiger charge is -2.00. The fourth-order valence-electron chi connectivity index (χ4n) is 0.918. The van der Waals surface area contributed by atoms with Gasteiger partial charge in [-0.3, -0.25) is 0 Å². The van der Waals surface area contributed by atoms with Crippen LogP contribution in [0.4, 0.5) is 0 Å². The summed E-state index contributed by atoms with van der Waals surface area (Å²) in [4.78, 5) is 0. The zero-order chi connectivity index (χ0) is 8.27. The number of rotatable bonds is 2. The van der Waals surface area contributed by atoms with Crippen molar-refractivity contribution in [1.29, 1.82) is 0 Å². The Balaban J connectivity index is 3.03. The monoisotopic (exact) mass is 150 g/mol. The van der Waals surface area contributed by atoms with E-state index >= 15 is 0 Å². The van der Waals surface area contributed by atoms with Crippen LogP contribution in [0.25, 0.3) is 5.76 Å². The lowest BCUT2D eigenvalue weighted by molar-refractivity contribution is -0.674. The summed E-state index contributed by atoms with van der Waals surface area (Å²) < 4.78 is 6.97. The standard InChI is InChI=1S/C9H12NO/c1-8(11-3)9-6-4-5-7-10(9)2/h4-7H,1H2,2-3H3/q+1. The molecule has 1 aromatic rings. The van der Waals surface area contributed by atoms with E-state index in [1.54, 1.807) is 7.11 Å². The molecule has 0 aliphatic carbocycles. The first-order chi connectivity index (χ1) is 5.25. The van der Waals surface area contributed by atoms with E-state index in [0.29, 0.717) is 5.76 Å². The molecule has 2 heteroatoms. The van der Waals surface area contributed by atoms with E-state index in [2.05, 4.69) is 6.58 Å². The first kappa shape index (κ1) is 7.79. The first-order valence-electron chi connectivity index (χ1n) is 3.43. The van der Waals surface area contributed by atoms with Gasteiger partial charge in [0, 0.05) is 12.1 Å². The van der Waals surface area contributed by atoms with Crippen molar-refractivity contribution in [3.05, 3.63) is 36.7 Å². The third-order valence-electron chi connectivity index (χ3n) is 1.59. The van der Waals surface area contributed by atoms with Crippen molar-refractivity contribution >= 4 is 5.76 Å². The van der Waals surface area contributed by atoms with Gasteiger partial charge in [0.1, 0.15) is 7.05 Å². The van der Waals surface area contributed by atoms with E-state index in [1.807, 2.05) is 36.0 Å². The zero-order valence-corrected chi connectivity index (χ0v) is 6.87. The summed E-state index contributed by atoms with van der Waals surface area (Å²) >= 11 is 0. The number of aryl methyl sites for hydroxylation is 1. The SMILES string of the molecule is C=C(OC)c1cccc[n+]1C. The highest BCUT2D eigenvalue weighted by atomic mass is 16.5. The van der Waals surface area contributed by atoms with Crippen molar-refractivity contribution in [3.8, 4) is 0 Å². The third kappa shape index (κ3) is 1.58. The van der Waals surface area contributed by atoms with Crippen LogP contribution < -0.4 is 4.57 Å². The molecule has 0 saturated heterocycles. The molecule has 1 heterocycles. The lowest BCUT2D eigenvalue weighted by atomic mass is 10.3. The van der Waals surface area contributed by atoms with Gasteiger partial charge in [-0.15, -0.1) is 0 Å². The summed E-state index contributed by atoms with van der Waals surface area (Å²) in [6.45, 7) is 3.76. The van der Waals surface area contributed by atoms with Gasteiger partial charge in [0.2, 0.25) is 5.69 Å². The summed E-state index contributed by atoms with van der Waals surface area (Å²) in [6.07, 6.45) is 1.96. The molecule has 0 aliphatic rings. The predicted molar refractivity (Wildman–Crippen MR) is 43.7 cm³/mol. The van der Waals surface area contributed by atoms with Crippen LogP contribution in [0.5, 0.6) is 0 Å². The van der Waals surface area contributed by atoms with Crippen molar-refractivity contribution in [3.63, 3.8) is 0 Å². The smallest absolute Gasteiger partial charge is 0.246 e. The number of hydrogen-bond donors (Lipinski definition) is 0. The van der Waals surface area contributed by atoms with E-state index in [4.69, 9.17) is 4.74 Å². The molecular weight excluding hydrogens is 138 g/mol. The molecule has 0 saturated carbocycles. The maximum Gasteiger partial charge on any atom is 0.246 e. The second-order valence-corrected chi connectivity index (χ2v) is 2.32. The fraction of sp³-hybridized carbons (Fsp3) is 0.222. The quantitative estimate of drug-likeness (QED) is 0.455. The van der Waals surface area contributed by atoms with Crippen LogP contribution >= 0.6 is 0 Å². The number of nitrogens with zero attached hydrogens (tertiary/aromatic N) is 1. The van der Waals surface area contributed by atoms with E-state index in [-0.39, 0.29) is 0 Å². The lowest BCUT2D eigenvalue weighted by Crippen LogP contribution is -2.32. The van der Waals surface area contributed by atoms with Crippen molar-refractivity contribution in [2.45, 2.75) is 0 Å². The molecule has 1 rings (SSSR count). The van der Waals surface area contributed by atoms with Crippen LogP contribution in [0.1, 0.15) is 5.69 Å². The molecule has 0 bridgehead atoms. The summed E-state index contributed by atoms with van der Waals surface area (Å²) in [7, 11) is 3.58. The molecule has 58 valence electrons. The van der Waals surface area contributed by atoms with Gasteiger partial charge in [-0.1, -0.05) is 0 Å². The van der Waals surface area contributed by atoms with Gasteiger partial charge in [-0.2, -0.15) is 4.57 Å². The normalized spacial score (nSPS) is 9.27. The molecule has 0 amide bonds. The van der Waals surface area contributed by atoms with E-state index < -0.39 is 0 Å². The molecule has 11 heavy (non-hydrogen) atoms. The van der Waals surface area contributed by atoms with Gasteiger partial charge in [0.05, 0.1) is 7.11 Å². The van der Waals surface area contributed by atoms with Crippen molar-refractivity contribution < 1.29 is 9.30 Å². The molecule has 0 atom stereocenters. The first-order valence-corrected chi connectivity index (χ1v) is 3.43. The van der Waals surface area contributed by atoms with Gasteiger partial charge >= 0.3 is 0 Å². The Kier molecular flexibility index (Phi) is 2.26. The number of methoxy groups -OCH3 is 1. The fourth-order valence-corrected chi connectivity index (χ4v) is 0.918. The minimum absolute atomic E-state index is 0.688. The van der Waals surface area contributed by atoms with Crippen LogP contribution in [0.15, 0.2) is 31.0 Å². The molecule has 0 fully saturated rings. The minimum Gasteiger partial charge on any atom is -0.491 e. The number of pyridine rings is 1. The minimum atomic E-state index is 0.688. The molecule has 2 nitrogen and oxygen atoms in total. The van der Waals surface area contributed by atoms with Gasteiger partial charge in [0.25, 0.3) is 0 Å². The Hall–Kier alpha value is -1.31. The zero-order valence-electron chi connectivity index (χ0n) is 6.87. The second kappa shape index (κ2) is 3.19. The number of ether oxygens (including phenoxy) is 1. The maximum absolute atomic E-state index is 5.00. The topological polar surface area (TPSA) is 13.1 Å². The van der Waals surface area contributed by atoms with Crippen LogP contribution in [-0.2, 0) is 11.8 Å². The highest BCUT2D eigenvalue weighted by molar-refractivity contribution is 5.49. The van der Waals surface area contributed by atoms with E-state index in [9.17, 15) is 0 Å². The highest BCUT2D eigenvalue weighted by Gasteiger charge is 2.07. The summed E-state index contributed by atoms with van der Waals surface area (Å²) in [6, 6.07) is 5.89. The van der Waals surface area contributed by atoms with E-state index in [0.717, 1.165) is 5.69 Å². The Morgan fingerprint density at radius 2 is 2.27 bits per heavy atom. The van der Waals surface area contributed by atoms with Crippen LogP contribution in [0.3, 0.4) is 0 Å². The summed E-state index contributed by atoms with van der Waals surface area (Å²) in [5.74, 6) is 0.688. The summed E-state index contributed by atoms with van der Waals surface area (Å²) in [5.41, 5.74) is 0.995. The van der Waals surface area contributed by atoms with Gasteiger partial charge in [-0.05, 0) is 12.6 Å². The van der Waals surface area contributed by atoms with Crippen LogP contribution in [-0.4, -0.2) is 7.11 Å². The highest BCUT2D eigenvalue weighted by Crippen LogP contribution is 2.05. The molecular formula is C9H12NO+. The van der Waals surface area contributed by atoms with Gasteiger partial charge < -0.3 is 4.74 Å². The third-order valence-corrected chi connectivity index (χ3v) is 1.59. The van der Waals surface area contributed by atoms with Gasteiger partial charge in [-0.25, -0.2) is 0 Å². The molecule has 0 aliphatic heterocycles. The van der Waals surface area contributed by atoms with Crippen LogP contribution in [0.2, 0.25) is 0 Å². The Morgan fingerprint density at radius 1 is 1.55 bits per heavy atom. The Bertz CT molecular complexity index is 268. The second-order valence-electron chi connectivity index (χ2n) is 2.32. The Morgan fingerprint density at radius 3 is 2.82 bits per heavy atom. The summed E-state index contributed by atoms with van der Waals surface area (Å²) in [5, 5.41) is 0. The molecule has 0 aromatic carbocycles. The molecule has 0 radical (unpaired) electrons. The molecule has 1 aromatic heterocycles. The van der Waals surface area contributed by atoms with Gasteiger partial charge in [0.15, 0.2) is 12.0 Å². The Labute approximate surface area is 66.7 Å². The maximum atomic E-state index is 5.00. The van der Waals surface area contributed by atoms with Crippen molar-refractivity contribution in [2.75, 3.05) is 7.11 Å². The van der Waals surface area contributed by atoms with Crippen LogP contribution in [0, 0.1) is 0 Å². The van der Waals surface area contributed by atoms with Crippen molar-refractivity contribution in [2.24, 2.45) is 7.05 Å². The van der Waals surface area contributed by atoms with E-state index in [1.165, 1.54) is 0 Å². The predicted octanol–water partition coefficient (Wildman–Crippen LogP) is 1.13. The molecule has 0 N–H and O–H groups in total. The average molecular weight is 150 g/mol. The largest absolute Gasteiger partial charge is 0.491 e. The molecule has 0 unspecified atom stereocenters. The molecule has 0 spiro atoms.